The van der Waals surface area contributed by atoms with Crippen LogP contribution in [0.4, 0.5) is 0 Å². The van der Waals surface area contributed by atoms with E-state index in [-0.39, 0.29) is 0 Å². The second kappa shape index (κ2) is 3.78. The van der Waals surface area contributed by atoms with E-state index >= 15 is 0 Å². The normalized spacial score (nSPS) is 9.09. The van der Waals surface area contributed by atoms with Gasteiger partial charge in [0.05, 0.1) is 11.6 Å². The average Bonchev–Trinajstić information content (AvgIpc) is 2.07. The Balaban J connectivity index is 2.76. The maximum absolute atomic E-state index is 8.50. The van der Waals surface area contributed by atoms with Gasteiger partial charge >= 0.3 is 0 Å². The van der Waals surface area contributed by atoms with Crippen molar-refractivity contribution in [3.63, 3.8) is 0 Å². The van der Waals surface area contributed by atoms with Crippen LogP contribution < -0.4 is 0 Å². The summed E-state index contributed by atoms with van der Waals surface area (Å²) in [6, 6.07) is 9.67. The SMILES string of the molecule is CC[CH]c1ccc(C#N)cc1. The fourth-order valence-corrected chi connectivity index (χ4v) is 0.929. The molecule has 0 bridgehead atoms. The summed E-state index contributed by atoms with van der Waals surface area (Å²) in [6.45, 7) is 2.10. The fraction of sp³-hybridized carbons (Fsp3) is 0.200. The third kappa shape index (κ3) is 2.09. The summed E-state index contributed by atoms with van der Waals surface area (Å²) >= 11 is 0. The monoisotopic (exact) mass is 144 g/mol. The van der Waals surface area contributed by atoms with Crippen LogP contribution in [0.2, 0.25) is 0 Å². The highest BCUT2D eigenvalue weighted by Crippen LogP contribution is 2.06. The molecule has 0 unspecified atom stereocenters. The number of benzene rings is 1. The minimum atomic E-state index is 0.721. The van der Waals surface area contributed by atoms with Crippen molar-refractivity contribution in [2.24, 2.45) is 0 Å². The molecule has 0 aromatic heterocycles. The predicted octanol–water partition coefficient (Wildman–Crippen LogP) is 2.52. The molecule has 11 heavy (non-hydrogen) atoms. The molecule has 0 aliphatic carbocycles. The van der Waals surface area contributed by atoms with Crippen LogP contribution in [0.3, 0.4) is 0 Å². The third-order valence-corrected chi connectivity index (χ3v) is 1.48. The minimum absolute atomic E-state index is 0.721. The lowest BCUT2D eigenvalue weighted by molar-refractivity contribution is 1.12. The summed E-state index contributed by atoms with van der Waals surface area (Å²) < 4.78 is 0. The summed E-state index contributed by atoms with van der Waals surface area (Å²) in [5, 5.41) is 8.50. The topological polar surface area (TPSA) is 23.8 Å². The van der Waals surface area contributed by atoms with Crippen molar-refractivity contribution in [2.75, 3.05) is 0 Å². The van der Waals surface area contributed by atoms with Crippen LogP contribution in [-0.4, -0.2) is 0 Å². The van der Waals surface area contributed by atoms with Gasteiger partial charge in [-0.1, -0.05) is 19.1 Å². The standard InChI is InChI=1S/C10H10N/c1-2-3-9-4-6-10(8-11)7-5-9/h3-7H,2H2,1H3. The van der Waals surface area contributed by atoms with Crippen molar-refractivity contribution in [3.05, 3.63) is 41.8 Å². The Morgan fingerprint density at radius 3 is 2.45 bits per heavy atom. The van der Waals surface area contributed by atoms with Crippen LogP contribution in [0, 0.1) is 17.8 Å². The van der Waals surface area contributed by atoms with Crippen molar-refractivity contribution in [3.8, 4) is 6.07 Å². The number of hydrogen-bond acceptors (Lipinski definition) is 1. The maximum atomic E-state index is 8.50. The van der Waals surface area contributed by atoms with Gasteiger partial charge in [-0.15, -0.1) is 0 Å². The summed E-state index contributed by atoms with van der Waals surface area (Å²) in [4.78, 5) is 0. The Labute approximate surface area is 67.3 Å². The molecule has 0 heterocycles. The van der Waals surface area contributed by atoms with Gasteiger partial charge in [-0.3, -0.25) is 0 Å². The van der Waals surface area contributed by atoms with Gasteiger partial charge in [0.2, 0.25) is 0 Å². The molecule has 55 valence electrons. The van der Waals surface area contributed by atoms with Gasteiger partial charge in [0.1, 0.15) is 0 Å². The molecule has 0 N–H and O–H groups in total. The van der Waals surface area contributed by atoms with E-state index in [0.29, 0.717) is 0 Å². The van der Waals surface area contributed by atoms with Gasteiger partial charge in [0.25, 0.3) is 0 Å². The smallest absolute Gasteiger partial charge is 0.0991 e. The summed E-state index contributed by atoms with van der Waals surface area (Å²) in [5.41, 5.74) is 1.91. The first-order valence-electron chi connectivity index (χ1n) is 3.70. The molecule has 1 aromatic rings. The van der Waals surface area contributed by atoms with Crippen molar-refractivity contribution >= 4 is 0 Å². The number of rotatable bonds is 2. The van der Waals surface area contributed by atoms with Crippen molar-refractivity contribution in [1.82, 2.24) is 0 Å². The van der Waals surface area contributed by atoms with Gasteiger partial charge in [-0.05, 0) is 30.5 Å². The highest BCUT2D eigenvalue weighted by Gasteiger charge is 1.91. The molecular formula is C10H10N. The van der Waals surface area contributed by atoms with Gasteiger partial charge in [0, 0.05) is 0 Å². The number of nitrogens with zero attached hydrogens (tertiary/aromatic N) is 1. The van der Waals surface area contributed by atoms with E-state index in [1.807, 2.05) is 24.3 Å². The Morgan fingerprint density at radius 1 is 1.36 bits per heavy atom. The van der Waals surface area contributed by atoms with E-state index in [9.17, 15) is 0 Å². The van der Waals surface area contributed by atoms with E-state index in [0.717, 1.165) is 12.0 Å². The molecule has 1 heteroatoms. The van der Waals surface area contributed by atoms with E-state index in [1.165, 1.54) is 5.56 Å². The molecule has 1 radical (unpaired) electrons. The molecule has 0 aliphatic rings. The Hall–Kier alpha value is -1.29. The van der Waals surface area contributed by atoms with E-state index in [1.54, 1.807) is 0 Å². The van der Waals surface area contributed by atoms with Gasteiger partial charge in [-0.25, -0.2) is 0 Å². The second-order valence-corrected chi connectivity index (χ2v) is 2.35. The summed E-state index contributed by atoms with van der Waals surface area (Å²) in [6.07, 6.45) is 3.16. The van der Waals surface area contributed by atoms with Gasteiger partial charge in [-0.2, -0.15) is 5.26 Å². The van der Waals surface area contributed by atoms with E-state index < -0.39 is 0 Å². The minimum Gasteiger partial charge on any atom is -0.192 e. The molecule has 0 amide bonds. The zero-order chi connectivity index (χ0) is 8.10. The zero-order valence-corrected chi connectivity index (χ0v) is 6.54. The van der Waals surface area contributed by atoms with Crippen LogP contribution in [0.1, 0.15) is 24.5 Å². The van der Waals surface area contributed by atoms with Crippen molar-refractivity contribution in [1.29, 1.82) is 5.26 Å². The highest BCUT2D eigenvalue weighted by molar-refractivity contribution is 5.34. The van der Waals surface area contributed by atoms with Crippen molar-refractivity contribution < 1.29 is 0 Å². The predicted molar refractivity (Wildman–Crippen MR) is 44.9 cm³/mol. The van der Waals surface area contributed by atoms with Crippen LogP contribution in [0.25, 0.3) is 0 Å². The van der Waals surface area contributed by atoms with Crippen LogP contribution >= 0.6 is 0 Å². The summed E-state index contributed by atoms with van der Waals surface area (Å²) in [7, 11) is 0. The lowest BCUT2D eigenvalue weighted by atomic mass is 10.1. The first kappa shape index (κ1) is 7.81. The molecular weight excluding hydrogens is 134 g/mol. The quantitative estimate of drug-likeness (QED) is 0.625. The van der Waals surface area contributed by atoms with Crippen LogP contribution in [0.15, 0.2) is 24.3 Å². The number of nitriles is 1. The Kier molecular flexibility index (Phi) is 2.68. The van der Waals surface area contributed by atoms with Crippen molar-refractivity contribution in [2.45, 2.75) is 13.3 Å². The molecule has 0 atom stereocenters. The largest absolute Gasteiger partial charge is 0.192 e. The number of hydrogen-bond donors (Lipinski definition) is 0. The molecule has 0 saturated carbocycles. The molecule has 1 rings (SSSR count). The molecule has 0 saturated heterocycles. The maximum Gasteiger partial charge on any atom is 0.0991 e. The lowest BCUT2D eigenvalue weighted by Gasteiger charge is -1.95. The Bertz CT molecular complexity index is 253. The second-order valence-electron chi connectivity index (χ2n) is 2.35. The molecule has 0 fully saturated rings. The summed E-state index contributed by atoms with van der Waals surface area (Å²) in [5.74, 6) is 0. The molecule has 1 aromatic carbocycles. The highest BCUT2D eigenvalue weighted by atomic mass is 14.2. The Morgan fingerprint density at radius 2 is 2.00 bits per heavy atom. The third-order valence-electron chi connectivity index (χ3n) is 1.48. The first-order chi connectivity index (χ1) is 5.36. The van der Waals surface area contributed by atoms with E-state index in [2.05, 4.69) is 19.4 Å². The van der Waals surface area contributed by atoms with Gasteiger partial charge in [0.15, 0.2) is 0 Å². The fourth-order valence-electron chi connectivity index (χ4n) is 0.929. The van der Waals surface area contributed by atoms with Crippen LogP contribution in [0.5, 0.6) is 0 Å². The molecule has 0 aliphatic heterocycles. The van der Waals surface area contributed by atoms with Crippen LogP contribution in [-0.2, 0) is 0 Å². The average molecular weight is 144 g/mol. The van der Waals surface area contributed by atoms with Gasteiger partial charge < -0.3 is 0 Å². The molecule has 1 nitrogen and oxygen atoms in total. The zero-order valence-electron chi connectivity index (χ0n) is 6.54. The molecule has 0 spiro atoms. The lowest BCUT2D eigenvalue weighted by Crippen LogP contribution is -1.79. The first-order valence-corrected chi connectivity index (χ1v) is 3.70. The van der Waals surface area contributed by atoms with E-state index in [4.69, 9.17) is 5.26 Å².